The minimum Gasteiger partial charge on any atom is -0.468 e. The van der Waals surface area contributed by atoms with Gasteiger partial charge in [-0.25, -0.2) is 0 Å². The number of hydrogen-bond donors (Lipinski definition) is 1. The van der Waals surface area contributed by atoms with E-state index in [9.17, 15) is 9.59 Å². The number of methoxy groups -OCH3 is 1. The van der Waals surface area contributed by atoms with E-state index in [-0.39, 0.29) is 22.5 Å². The minimum absolute atomic E-state index is 0.0120. The molecule has 1 aliphatic carbocycles. The number of carbonyl (C=O) groups is 2. The molecule has 0 aromatic heterocycles. The molecule has 126 valence electrons. The van der Waals surface area contributed by atoms with E-state index in [0.29, 0.717) is 18.0 Å². The average molecular weight is 327 g/mol. The molecule has 0 heterocycles. The van der Waals surface area contributed by atoms with E-state index in [1.54, 1.807) is 11.8 Å². The van der Waals surface area contributed by atoms with Crippen molar-refractivity contribution in [1.29, 1.82) is 0 Å². The molecule has 0 amide bonds. The lowest BCUT2D eigenvalue weighted by Gasteiger charge is -2.39. The maximum atomic E-state index is 12.7. The summed E-state index contributed by atoms with van der Waals surface area (Å²) in [6, 6.07) is -0.625. The predicted octanol–water partition coefficient (Wildman–Crippen LogP) is 2.81. The van der Waals surface area contributed by atoms with Gasteiger partial charge in [0.15, 0.2) is 0 Å². The lowest BCUT2D eigenvalue weighted by molar-refractivity contribution is -0.141. The predicted molar refractivity (Wildman–Crippen MR) is 91.7 cm³/mol. The van der Waals surface area contributed by atoms with Gasteiger partial charge in [-0.05, 0) is 17.8 Å². The van der Waals surface area contributed by atoms with Crippen LogP contribution in [-0.4, -0.2) is 35.9 Å². The minimum atomic E-state index is -0.625. The average Bonchev–Trinajstić information content (AvgIpc) is 2.42. The Bertz CT molecular complexity index is 434. The van der Waals surface area contributed by atoms with Gasteiger partial charge in [-0.3, -0.25) is 9.59 Å². The van der Waals surface area contributed by atoms with Crippen molar-refractivity contribution in [2.75, 3.05) is 12.9 Å². The SMILES string of the molecule is COC(=O)[C@@H](N)CSC(C)CC(=O)C1C(C)C=CCC1(C)C. The first-order chi connectivity index (χ1) is 10.2. The number of thioether (sulfide) groups is 1. The summed E-state index contributed by atoms with van der Waals surface area (Å²) >= 11 is 1.56. The first-order valence-electron chi connectivity index (χ1n) is 7.83. The van der Waals surface area contributed by atoms with Crippen LogP contribution in [0.25, 0.3) is 0 Å². The number of ketones is 1. The van der Waals surface area contributed by atoms with Crippen LogP contribution in [0, 0.1) is 17.3 Å². The molecule has 5 heteroatoms. The van der Waals surface area contributed by atoms with E-state index in [0.717, 1.165) is 6.42 Å². The van der Waals surface area contributed by atoms with Gasteiger partial charge in [0, 0.05) is 23.3 Å². The molecule has 4 nitrogen and oxygen atoms in total. The molecule has 1 aliphatic rings. The quantitative estimate of drug-likeness (QED) is 0.575. The maximum absolute atomic E-state index is 12.7. The highest BCUT2D eigenvalue weighted by Gasteiger charge is 2.39. The van der Waals surface area contributed by atoms with Crippen molar-refractivity contribution in [3.8, 4) is 0 Å². The zero-order valence-corrected chi connectivity index (χ0v) is 15.1. The van der Waals surface area contributed by atoms with Gasteiger partial charge >= 0.3 is 5.97 Å². The van der Waals surface area contributed by atoms with Crippen LogP contribution >= 0.6 is 11.8 Å². The number of Topliss-reactive ketones (excluding diaryl/α,β-unsaturated/α-hetero) is 1. The standard InChI is InChI=1S/C17H29NO3S/c1-11-7-6-8-17(3,4)15(11)14(19)9-12(2)22-10-13(18)16(20)21-5/h6-7,11-13,15H,8-10,18H2,1-5H3/t11?,12?,13-,15?/m0/s1. The molecule has 22 heavy (non-hydrogen) atoms. The third-order valence-corrected chi connectivity index (χ3v) is 5.64. The zero-order chi connectivity index (χ0) is 16.9. The summed E-state index contributed by atoms with van der Waals surface area (Å²) in [5.74, 6) is 0.734. The lowest BCUT2D eigenvalue weighted by Crippen LogP contribution is -2.38. The molecule has 0 aliphatic heterocycles. The Balaban J connectivity index is 2.53. The summed E-state index contributed by atoms with van der Waals surface area (Å²) in [5, 5.41) is 0.150. The molecule has 0 bridgehead atoms. The molecule has 2 N–H and O–H groups in total. The summed E-state index contributed by atoms with van der Waals surface area (Å²) in [6.07, 6.45) is 5.80. The molecule has 0 spiro atoms. The summed E-state index contributed by atoms with van der Waals surface area (Å²) in [4.78, 5) is 24.0. The third kappa shape index (κ3) is 5.13. The number of esters is 1. The van der Waals surface area contributed by atoms with E-state index in [1.807, 2.05) is 6.92 Å². The molecule has 0 saturated carbocycles. The highest BCUT2D eigenvalue weighted by molar-refractivity contribution is 7.99. The number of rotatable bonds is 7. The van der Waals surface area contributed by atoms with Crippen LogP contribution in [0.4, 0.5) is 0 Å². The Morgan fingerprint density at radius 3 is 2.64 bits per heavy atom. The first-order valence-corrected chi connectivity index (χ1v) is 8.88. The number of hydrogen-bond acceptors (Lipinski definition) is 5. The van der Waals surface area contributed by atoms with Crippen molar-refractivity contribution >= 4 is 23.5 Å². The number of nitrogens with two attached hydrogens (primary N) is 1. The molecule has 0 aromatic rings. The van der Waals surface area contributed by atoms with Crippen LogP contribution in [0.2, 0.25) is 0 Å². The second-order valence-electron chi connectivity index (χ2n) is 6.90. The van der Waals surface area contributed by atoms with Crippen molar-refractivity contribution in [3.63, 3.8) is 0 Å². The second kappa shape index (κ2) is 8.16. The Labute approximate surface area is 138 Å². The topological polar surface area (TPSA) is 69.4 Å². The Hall–Kier alpha value is -0.810. The highest BCUT2D eigenvalue weighted by atomic mass is 32.2. The highest BCUT2D eigenvalue weighted by Crippen LogP contribution is 2.42. The van der Waals surface area contributed by atoms with Gasteiger partial charge in [-0.15, -0.1) is 0 Å². The molecule has 0 saturated heterocycles. The van der Waals surface area contributed by atoms with E-state index < -0.39 is 12.0 Å². The lowest BCUT2D eigenvalue weighted by atomic mass is 9.65. The van der Waals surface area contributed by atoms with Crippen molar-refractivity contribution in [1.82, 2.24) is 0 Å². The summed E-state index contributed by atoms with van der Waals surface area (Å²) in [6.45, 7) is 8.47. The normalized spacial score (nSPS) is 26.3. The molecule has 4 atom stereocenters. The van der Waals surface area contributed by atoms with Crippen LogP contribution in [-0.2, 0) is 14.3 Å². The Kier molecular flexibility index (Phi) is 7.13. The zero-order valence-electron chi connectivity index (χ0n) is 14.3. The van der Waals surface area contributed by atoms with Gasteiger partial charge in [0.1, 0.15) is 11.8 Å². The second-order valence-corrected chi connectivity index (χ2v) is 8.37. The van der Waals surface area contributed by atoms with Crippen molar-refractivity contribution in [2.45, 2.75) is 51.8 Å². The van der Waals surface area contributed by atoms with Gasteiger partial charge < -0.3 is 10.5 Å². The molecule has 0 aromatic carbocycles. The molecule has 3 unspecified atom stereocenters. The fraction of sp³-hybridized carbons (Fsp3) is 0.765. The maximum Gasteiger partial charge on any atom is 0.323 e. The summed E-state index contributed by atoms with van der Waals surface area (Å²) in [5.41, 5.74) is 5.74. The number of carbonyl (C=O) groups excluding carboxylic acids is 2. The third-order valence-electron chi connectivity index (χ3n) is 4.35. The van der Waals surface area contributed by atoms with Crippen LogP contribution in [0.15, 0.2) is 12.2 Å². The van der Waals surface area contributed by atoms with Crippen molar-refractivity contribution < 1.29 is 14.3 Å². The van der Waals surface area contributed by atoms with Gasteiger partial charge in [0.25, 0.3) is 0 Å². The van der Waals surface area contributed by atoms with Crippen LogP contribution < -0.4 is 5.73 Å². The fourth-order valence-corrected chi connectivity index (χ4v) is 4.18. The van der Waals surface area contributed by atoms with Crippen molar-refractivity contribution in [2.24, 2.45) is 23.0 Å². The van der Waals surface area contributed by atoms with E-state index in [2.05, 4.69) is 37.7 Å². The van der Waals surface area contributed by atoms with Crippen LogP contribution in [0.5, 0.6) is 0 Å². The van der Waals surface area contributed by atoms with E-state index in [4.69, 9.17) is 5.73 Å². The molecular weight excluding hydrogens is 298 g/mol. The van der Waals surface area contributed by atoms with Crippen LogP contribution in [0.1, 0.15) is 40.5 Å². The van der Waals surface area contributed by atoms with E-state index >= 15 is 0 Å². The van der Waals surface area contributed by atoms with Crippen LogP contribution in [0.3, 0.4) is 0 Å². The Morgan fingerprint density at radius 1 is 1.45 bits per heavy atom. The van der Waals surface area contributed by atoms with E-state index in [1.165, 1.54) is 7.11 Å². The monoisotopic (exact) mass is 327 g/mol. The molecular formula is C17H29NO3S. The Morgan fingerprint density at radius 2 is 2.09 bits per heavy atom. The van der Waals surface area contributed by atoms with Gasteiger partial charge in [0.2, 0.25) is 0 Å². The largest absolute Gasteiger partial charge is 0.468 e. The first kappa shape index (κ1) is 19.2. The smallest absolute Gasteiger partial charge is 0.323 e. The van der Waals surface area contributed by atoms with Gasteiger partial charge in [0.05, 0.1) is 7.11 Å². The summed E-state index contributed by atoms with van der Waals surface area (Å²) < 4.78 is 4.61. The number of ether oxygens (including phenoxy) is 1. The van der Waals surface area contributed by atoms with Crippen molar-refractivity contribution in [3.05, 3.63) is 12.2 Å². The molecule has 1 rings (SSSR count). The fourth-order valence-electron chi connectivity index (χ4n) is 3.22. The van der Waals surface area contributed by atoms with Gasteiger partial charge in [-0.1, -0.05) is 39.8 Å². The summed E-state index contributed by atoms with van der Waals surface area (Å²) in [7, 11) is 1.33. The molecule has 0 fully saturated rings. The van der Waals surface area contributed by atoms with Gasteiger partial charge in [-0.2, -0.15) is 11.8 Å². The molecule has 0 radical (unpaired) electrons. The number of allylic oxidation sites excluding steroid dienone is 2.